The Balaban J connectivity index is 0.00000288. The third kappa shape index (κ3) is 8.10. The van der Waals surface area contributed by atoms with Crippen molar-refractivity contribution in [3.05, 3.63) is 87.7 Å². The minimum absolute atomic E-state index is 0. The molecule has 2 fully saturated rings. The first-order valence-corrected chi connectivity index (χ1v) is 15.1. The third-order valence-corrected chi connectivity index (χ3v) is 8.39. The molecule has 3 aromatic carbocycles. The Morgan fingerprint density at radius 3 is 2.17 bits per heavy atom. The Labute approximate surface area is 280 Å². The zero-order valence-electron chi connectivity index (χ0n) is 25.8. The molecule has 0 saturated carbocycles. The third-order valence-electron chi connectivity index (χ3n) is 8.39. The summed E-state index contributed by atoms with van der Waals surface area (Å²) in [7, 11) is 0. The Kier molecular flexibility index (Phi) is 12.8. The van der Waals surface area contributed by atoms with Crippen molar-refractivity contribution in [3.8, 4) is 11.5 Å². The van der Waals surface area contributed by atoms with Crippen LogP contribution in [0.25, 0.3) is 0 Å². The molecule has 0 spiro atoms. The number of hydrogen-bond acceptors (Lipinski definition) is 8. The summed E-state index contributed by atoms with van der Waals surface area (Å²) in [5.74, 6) is -2.69. The van der Waals surface area contributed by atoms with Gasteiger partial charge in [0, 0.05) is 30.8 Å². The molecule has 3 aromatic rings. The van der Waals surface area contributed by atoms with Gasteiger partial charge in [0.2, 0.25) is 0 Å². The van der Waals surface area contributed by atoms with Crippen molar-refractivity contribution in [3.63, 3.8) is 0 Å². The fraction of sp³-hybridized carbons (Fsp3) is 0.382. The molecule has 0 bridgehead atoms. The summed E-state index contributed by atoms with van der Waals surface area (Å²) in [6.45, 7) is 5.92. The number of piperidine rings is 1. The molecular formula is C34H40Cl2FN3O6. The Hall–Kier alpha value is -3.86. The van der Waals surface area contributed by atoms with Crippen molar-refractivity contribution in [2.24, 2.45) is 0 Å². The number of carbonyl (C=O) groups excluding carboxylic acids is 3. The smallest absolute Gasteiger partial charge is 0.338 e. The van der Waals surface area contributed by atoms with E-state index in [0.29, 0.717) is 55.0 Å². The van der Waals surface area contributed by atoms with Gasteiger partial charge in [0.05, 0.1) is 17.3 Å². The van der Waals surface area contributed by atoms with Crippen LogP contribution in [0.3, 0.4) is 0 Å². The molecule has 0 aliphatic carbocycles. The van der Waals surface area contributed by atoms with Crippen LogP contribution < -0.4 is 15.5 Å². The first-order valence-electron chi connectivity index (χ1n) is 15.1. The van der Waals surface area contributed by atoms with Gasteiger partial charge in [0.15, 0.2) is 11.6 Å². The lowest BCUT2D eigenvalue weighted by Gasteiger charge is -2.29. The first kappa shape index (κ1) is 36.6. The highest BCUT2D eigenvalue weighted by atomic mass is 35.5. The van der Waals surface area contributed by atoms with Crippen LogP contribution in [-0.4, -0.2) is 66.2 Å². The Bertz CT molecular complexity index is 1540. The maximum Gasteiger partial charge on any atom is 0.338 e. The Morgan fingerprint density at radius 2 is 1.52 bits per heavy atom. The number of hydrogen-bond donors (Lipinski definition) is 4. The first-order chi connectivity index (χ1) is 21.1. The van der Waals surface area contributed by atoms with Crippen molar-refractivity contribution in [2.75, 3.05) is 31.1 Å². The van der Waals surface area contributed by atoms with E-state index in [-0.39, 0.29) is 47.6 Å². The van der Waals surface area contributed by atoms with E-state index in [1.54, 1.807) is 26.0 Å². The molecule has 0 radical (unpaired) electrons. The highest BCUT2D eigenvalue weighted by molar-refractivity contribution is 6.11. The lowest BCUT2D eigenvalue weighted by molar-refractivity contribution is 0.0192. The van der Waals surface area contributed by atoms with E-state index >= 15 is 4.39 Å². The maximum absolute atomic E-state index is 15.5. The van der Waals surface area contributed by atoms with E-state index in [0.717, 1.165) is 25.7 Å². The van der Waals surface area contributed by atoms with Crippen LogP contribution in [0.5, 0.6) is 11.5 Å². The zero-order valence-corrected chi connectivity index (χ0v) is 27.4. The number of nitrogens with zero attached hydrogens (tertiary/aromatic N) is 1. The number of benzene rings is 3. The fourth-order valence-corrected chi connectivity index (χ4v) is 5.90. The van der Waals surface area contributed by atoms with Crippen molar-refractivity contribution in [1.29, 1.82) is 0 Å². The molecule has 4 N–H and O–H groups in total. The molecule has 0 aromatic heterocycles. The summed E-state index contributed by atoms with van der Waals surface area (Å²) in [5, 5.41) is 26.7. The molecule has 1 amide bonds. The normalized spacial score (nSPS) is 17.9. The van der Waals surface area contributed by atoms with Gasteiger partial charge in [0.25, 0.3) is 5.91 Å². The number of nitrogens with one attached hydrogen (secondary N) is 2. The highest BCUT2D eigenvalue weighted by Crippen LogP contribution is 2.32. The predicted molar refractivity (Wildman–Crippen MR) is 179 cm³/mol. The molecular weight excluding hydrogens is 636 g/mol. The number of aryl methyl sites for hydroxylation is 2. The van der Waals surface area contributed by atoms with Crippen molar-refractivity contribution < 1.29 is 33.7 Å². The molecule has 2 saturated heterocycles. The number of ketones is 1. The van der Waals surface area contributed by atoms with E-state index in [2.05, 4.69) is 10.6 Å². The number of rotatable bonds is 7. The largest absolute Gasteiger partial charge is 0.507 e. The van der Waals surface area contributed by atoms with Gasteiger partial charge in [-0.3, -0.25) is 9.59 Å². The number of halogens is 3. The molecule has 2 atom stereocenters. The molecule has 12 heteroatoms. The zero-order chi connectivity index (χ0) is 31.4. The van der Waals surface area contributed by atoms with Crippen LogP contribution >= 0.6 is 24.8 Å². The molecule has 248 valence electrons. The lowest BCUT2D eigenvalue weighted by Crippen LogP contribution is -2.49. The minimum Gasteiger partial charge on any atom is -0.507 e. The van der Waals surface area contributed by atoms with Gasteiger partial charge < -0.3 is 30.5 Å². The van der Waals surface area contributed by atoms with E-state index in [4.69, 9.17) is 4.74 Å². The highest BCUT2D eigenvalue weighted by Gasteiger charge is 2.30. The summed E-state index contributed by atoms with van der Waals surface area (Å²) in [6, 6.07) is 11.3. The standard InChI is InChI=1S/C34H38FN3O6.2ClH/c1-20-17-24(18-21(2)31(20)40)33(42)37-25-19-36-14-6-7-28(25)44-34(43)23-10-8-22(9-11-23)32(41)29-27(39)13-12-26(30(29)35)38-15-4-3-5-16-38;;/h8-13,17-18,25,28,36,39-40H,3-7,14-16,19H2,1-2H3,(H,37,42);2*1H/t25-,28-;;/m1../s1. The Morgan fingerprint density at radius 1 is 0.891 bits per heavy atom. The molecule has 9 nitrogen and oxygen atoms in total. The quantitative estimate of drug-likeness (QED) is 0.188. The number of anilines is 1. The average molecular weight is 677 g/mol. The number of phenols is 2. The number of aromatic hydroxyl groups is 2. The molecule has 46 heavy (non-hydrogen) atoms. The molecule has 0 unspecified atom stereocenters. The average Bonchev–Trinajstić information content (AvgIpc) is 3.24. The van der Waals surface area contributed by atoms with E-state index < -0.39 is 41.0 Å². The molecule has 5 rings (SSSR count). The number of phenolic OH excluding ortho intramolecular Hbond substituents is 2. The second kappa shape index (κ2) is 16.1. The van der Waals surface area contributed by atoms with E-state index in [1.807, 2.05) is 4.90 Å². The van der Waals surface area contributed by atoms with Crippen LogP contribution in [0.15, 0.2) is 48.5 Å². The molecule has 2 aliphatic heterocycles. The molecule has 2 aliphatic rings. The van der Waals surface area contributed by atoms with Crippen LogP contribution in [-0.2, 0) is 4.74 Å². The van der Waals surface area contributed by atoms with Gasteiger partial charge in [-0.25, -0.2) is 9.18 Å². The van der Waals surface area contributed by atoms with Crippen molar-refractivity contribution >= 4 is 48.2 Å². The minimum atomic E-state index is -0.756. The topological polar surface area (TPSA) is 128 Å². The van der Waals surface area contributed by atoms with Crippen molar-refractivity contribution in [2.45, 2.75) is 58.1 Å². The van der Waals surface area contributed by atoms with Gasteiger partial charge >= 0.3 is 5.97 Å². The maximum atomic E-state index is 15.5. The number of carbonyl (C=O) groups is 3. The predicted octanol–water partition coefficient (Wildman–Crippen LogP) is 5.63. The van der Waals surface area contributed by atoms with Crippen LogP contribution in [0, 0.1) is 19.7 Å². The van der Waals surface area contributed by atoms with Gasteiger partial charge in [-0.2, -0.15) is 0 Å². The van der Waals surface area contributed by atoms with Crippen LogP contribution in [0.4, 0.5) is 10.1 Å². The van der Waals surface area contributed by atoms with Gasteiger partial charge in [-0.15, -0.1) is 24.8 Å². The number of esters is 1. The second-order valence-electron chi connectivity index (χ2n) is 11.6. The number of ether oxygens (including phenoxy) is 1. The summed E-state index contributed by atoms with van der Waals surface area (Å²) >= 11 is 0. The second-order valence-corrected chi connectivity index (χ2v) is 11.6. The summed E-state index contributed by atoms with van der Waals surface area (Å²) < 4.78 is 21.4. The summed E-state index contributed by atoms with van der Waals surface area (Å²) in [6.07, 6.45) is 3.60. The monoisotopic (exact) mass is 675 g/mol. The fourth-order valence-electron chi connectivity index (χ4n) is 5.90. The van der Waals surface area contributed by atoms with E-state index in [1.165, 1.54) is 36.4 Å². The summed E-state index contributed by atoms with van der Waals surface area (Å²) in [5.41, 5.74) is 1.79. The van der Waals surface area contributed by atoms with Gasteiger partial charge in [-0.1, -0.05) is 12.1 Å². The summed E-state index contributed by atoms with van der Waals surface area (Å²) in [4.78, 5) is 41.4. The van der Waals surface area contributed by atoms with Crippen LogP contribution in [0.1, 0.15) is 79.9 Å². The van der Waals surface area contributed by atoms with Gasteiger partial charge in [0.1, 0.15) is 23.2 Å². The van der Waals surface area contributed by atoms with E-state index in [9.17, 15) is 24.6 Å². The SMILES string of the molecule is Cc1cc(C(=O)N[C@@H]2CNCCC[C@H]2OC(=O)c2ccc(C(=O)c3c(O)ccc(N4CCCCC4)c3F)cc2)cc(C)c1O.Cl.Cl. The number of amides is 1. The van der Waals surface area contributed by atoms with Crippen LogP contribution in [0.2, 0.25) is 0 Å². The molecule has 2 heterocycles. The van der Waals surface area contributed by atoms with Gasteiger partial charge in [-0.05, 0) is 100 Å². The van der Waals surface area contributed by atoms with Crippen molar-refractivity contribution in [1.82, 2.24) is 10.6 Å². The lowest BCUT2D eigenvalue weighted by atomic mass is 9.99.